The van der Waals surface area contributed by atoms with E-state index in [-0.39, 0.29) is 17.4 Å². The molecule has 0 N–H and O–H groups in total. The third-order valence-corrected chi connectivity index (χ3v) is 3.61. The van der Waals surface area contributed by atoms with Gasteiger partial charge in [0.25, 0.3) is 0 Å². The van der Waals surface area contributed by atoms with E-state index in [1.54, 1.807) is 6.92 Å². The largest absolute Gasteiger partial charge is 0.309 e. The van der Waals surface area contributed by atoms with Crippen LogP contribution in [-0.2, 0) is 9.59 Å². The summed E-state index contributed by atoms with van der Waals surface area (Å²) in [5.74, 6) is -1.55. The van der Waals surface area contributed by atoms with Crippen LogP contribution in [0.1, 0.15) is 26.2 Å². The molecule has 1 unspecified atom stereocenters. The van der Waals surface area contributed by atoms with Gasteiger partial charge in [0.1, 0.15) is 11.6 Å². The molecule has 1 fully saturated rings. The second kappa shape index (κ2) is 5.70. The number of hydrogen-bond donors (Lipinski definition) is 0. The van der Waals surface area contributed by atoms with Crippen LogP contribution in [0.25, 0.3) is 0 Å². The Bertz CT molecular complexity index is 518. The molecule has 0 aliphatic carbocycles. The molecule has 0 aromatic heterocycles. The predicted octanol–water partition coefficient (Wildman–Crippen LogP) is 3.20. The van der Waals surface area contributed by atoms with Crippen LogP contribution < -0.4 is 4.90 Å². The van der Waals surface area contributed by atoms with Gasteiger partial charge < -0.3 is 4.90 Å². The van der Waals surface area contributed by atoms with Crippen molar-refractivity contribution < 1.29 is 14.0 Å². The number of rotatable bonds is 3. The molecule has 1 atom stereocenters. The molecule has 2 rings (SSSR count). The second-order valence-corrected chi connectivity index (χ2v) is 5.04. The van der Waals surface area contributed by atoms with Crippen molar-refractivity contribution in [1.29, 1.82) is 0 Å². The van der Waals surface area contributed by atoms with Crippen molar-refractivity contribution in [3.63, 3.8) is 0 Å². The fourth-order valence-corrected chi connectivity index (χ4v) is 2.52. The van der Waals surface area contributed by atoms with Crippen LogP contribution in [0.2, 0.25) is 5.02 Å². The minimum absolute atomic E-state index is 0.0860. The quantitative estimate of drug-likeness (QED) is 0.799. The summed E-state index contributed by atoms with van der Waals surface area (Å²) >= 11 is 5.84. The molecule has 1 aromatic rings. The number of benzene rings is 1. The fourth-order valence-electron chi connectivity index (χ4n) is 2.35. The highest BCUT2D eigenvalue weighted by molar-refractivity contribution is 6.31. The van der Waals surface area contributed by atoms with Gasteiger partial charge in [-0.05, 0) is 31.0 Å². The van der Waals surface area contributed by atoms with E-state index in [0.29, 0.717) is 30.8 Å². The molecular weight excluding hydrogens is 269 g/mol. The average molecular weight is 284 g/mol. The molecule has 1 amide bonds. The second-order valence-electron chi connectivity index (χ2n) is 4.60. The molecule has 1 heterocycles. The van der Waals surface area contributed by atoms with Gasteiger partial charge in [-0.25, -0.2) is 4.39 Å². The number of piperidine rings is 1. The molecule has 0 saturated carbocycles. The summed E-state index contributed by atoms with van der Waals surface area (Å²) in [6.07, 6.45) is 1.56. The molecule has 102 valence electrons. The first kappa shape index (κ1) is 14.0. The molecule has 1 aromatic carbocycles. The van der Waals surface area contributed by atoms with Crippen molar-refractivity contribution in [2.24, 2.45) is 5.92 Å². The maximum Gasteiger partial charge on any atom is 0.237 e. The fraction of sp³-hybridized carbons (Fsp3) is 0.429. The van der Waals surface area contributed by atoms with Crippen LogP contribution in [0.15, 0.2) is 18.2 Å². The van der Waals surface area contributed by atoms with E-state index in [9.17, 15) is 14.0 Å². The third kappa shape index (κ3) is 2.78. The molecule has 3 nitrogen and oxygen atoms in total. The van der Waals surface area contributed by atoms with Crippen LogP contribution in [-0.4, -0.2) is 18.2 Å². The predicted molar refractivity (Wildman–Crippen MR) is 71.8 cm³/mol. The first-order chi connectivity index (χ1) is 9.04. The highest BCUT2D eigenvalue weighted by atomic mass is 35.5. The van der Waals surface area contributed by atoms with Gasteiger partial charge in [0.15, 0.2) is 0 Å². The van der Waals surface area contributed by atoms with E-state index in [1.807, 2.05) is 0 Å². The Morgan fingerprint density at radius 1 is 1.53 bits per heavy atom. The lowest BCUT2D eigenvalue weighted by molar-refractivity contribution is -0.133. The normalized spacial score (nSPS) is 19.6. The average Bonchev–Trinajstić information content (AvgIpc) is 2.41. The summed E-state index contributed by atoms with van der Waals surface area (Å²) in [6.45, 7) is 2.15. The zero-order valence-corrected chi connectivity index (χ0v) is 11.4. The van der Waals surface area contributed by atoms with Crippen LogP contribution in [0.4, 0.5) is 10.1 Å². The number of carbonyl (C=O) groups is 2. The van der Waals surface area contributed by atoms with E-state index in [0.717, 1.165) is 0 Å². The first-order valence-corrected chi connectivity index (χ1v) is 6.71. The molecule has 0 spiro atoms. The van der Waals surface area contributed by atoms with Crippen molar-refractivity contribution in [2.45, 2.75) is 26.2 Å². The standard InChI is InChI=1S/C14H15ClFNO2/c1-2-13(18)10-4-3-7-17(14(10)19)12-8-9(15)5-6-11(12)16/h5-6,8,10H,2-4,7H2,1H3. The highest BCUT2D eigenvalue weighted by Gasteiger charge is 2.34. The van der Waals surface area contributed by atoms with Crippen LogP contribution in [0.5, 0.6) is 0 Å². The minimum Gasteiger partial charge on any atom is -0.309 e. The Kier molecular flexibility index (Phi) is 4.20. The zero-order chi connectivity index (χ0) is 14.0. The number of Topliss-reactive ketones (excluding diaryl/α,β-unsaturated/α-hetero) is 1. The summed E-state index contributed by atoms with van der Waals surface area (Å²) in [6, 6.07) is 4.09. The number of anilines is 1. The Balaban J connectivity index is 2.31. The Morgan fingerprint density at radius 2 is 2.26 bits per heavy atom. The van der Waals surface area contributed by atoms with Gasteiger partial charge in [0.05, 0.1) is 11.6 Å². The number of nitrogens with zero attached hydrogens (tertiary/aromatic N) is 1. The molecule has 1 aliphatic rings. The summed E-state index contributed by atoms with van der Waals surface area (Å²) in [5, 5.41) is 0.369. The zero-order valence-electron chi connectivity index (χ0n) is 10.7. The van der Waals surface area contributed by atoms with Crippen molar-refractivity contribution in [3.05, 3.63) is 29.0 Å². The van der Waals surface area contributed by atoms with Crippen molar-refractivity contribution >= 4 is 29.0 Å². The number of halogens is 2. The lowest BCUT2D eigenvalue weighted by atomic mass is 9.91. The topological polar surface area (TPSA) is 37.4 Å². The third-order valence-electron chi connectivity index (χ3n) is 3.37. The van der Waals surface area contributed by atoms with E-state index < -0.39 is 11.7 Å². The van der Waals surface area contributed by atoms with Crippen molar-refractivity contribution in [2.75, 3.05) is 11.4 Å². The van der Waals surface area contributed by atoms with E-state index >= 15 is 0 Å². The number of carbonyl (C=O) groups excluding carboxylic acids is 2. The minimum atomic E-state index is -0.642. The Morgan fingerprint density at radius 3 is 2.95 bits per heavy atom. The summed E-state index contributed by atoms with van der Waals surface area (Å²) in [7, 11) is 0. The van der Waals surface area contributed by atoms with Gasteiger partial charge >= 0.3 is 0 Å². The van der Waals surface area contributed by atoms with Gasteiger partial charge in [-0.15, -0.1) is 0 Å². The van der Waals surface area contributed by atoms with Gasteiger partial charge in [-0.2, -0.15) is 0 Å². The Hall–Kier alpha value is -1.42. The molecule has 19 heavy (non-hydrogen) atoms. The highest BCUT2D eigenvalue weighted by Crippen LogP contribution is 2.29. The smallest absolute Gasteiger partial charge is 0.237 e. The van der Waals surface area contributed by atoms with Gasteiger partial charge in [-0.3, -0.25) is 9.59 Å². The SMILES string of the molecule is CCC(=O)C1CCCN(c2cc(Cl)ccc2F)C1=O. The van der Waals surface area contributed by atoms with E-state index in [2.05, 4.69) is 0 Å². The Labute approximate surface area is 116 Å². The number of ketones is 1. The van der Waals surface area contributed by atoms with E-state index in [1.165, 1.54) is 23.1 Å². The van der Waals surface area contributed by atoms with Crippen LogP contribution in [0, 0.1) is 11.7 Å². The molecule has 0 radical (unpaired) electrons. The monoisotopic (exact) mass is 283 g/mol. The lowest BCUT2D eigenvalue weighted by Crippen LogP contribution is -2.44. The van der Waals surface area contributed by atoms with Crippen LogP contribution in [0.3, 0.4) is 0 Å². The molecular formula is C14H15ClFNO2. The number of amides is 1. The maximum absolute atomic E-state index is 13.8. The van der Waals surface area contributed by atoms with Crippen LogP contribution >= 0.6 is 11.6 Å². The summed E-state index contributed by atoms with van der Waals surface area (Å²) < 4.78 is 13.8. The van der Waals surface area contributed by atoms with Crippen molar-refractivity contribution in [1.82, 2.24) is 0 Å². The molecule has 1 aliphatic heterocycles. The lowest BCUT2D eigenvalue weighted by Gasteiger charge is -2.31. The molecule has 0 bridgehead atoms. The summed E-state index contributed by atoms with van der Waals surface area (Å²) in [4.78, 5) is 25.4. The molecule has 1 saturated heterocycles. The number of hydrogen-bond acceptors (Lipinski definition) is 2. The first-order valence-electron chi connectivity index (χ1n) is 6.33. The van der Waals surface area contributed by atoms with Gasteiger partial charge in [0.2, 0.25) is 5.91 Å². The van der Waals surface area contributed by atoms with E-state index in [4.69, 9.17) is 11.6 Å². The molecule has 5 heteroatoms. The van der Waals surface area contributed by atoms with Gasteiger partial charge in [0, 0.05) is 18.0 Å². The van der Waals surface area contributed by atoms with Crippen molar-refractivity contribution in [3.8, 4) is 0 Å². The maximum atomic E-state index is 13.8. The van der Waals surface area contributed by atoms with Gasteiger partial charge in [-0.1, -0.05) is 18.5 Å². The summed E-state index contributed by atoms with van der Waals surface area (Å²) in [5.41, 5.74) is 0.158.